The second-order valence-electron chi connectivity index (χ2n) is 2.82. The first kappa shape index (κ1) is 7.55. The zero-order valence-electron chi connectivity index (χ0n) is 7.00. The number of carbonyl (C=O) groups is 1. The fraction of sp³-hybridized carbons (Fsp3) is 0.222. The minimum Gasteiger partial charge on any atom is -0.311 e. The molecule has 62 valence electrons. The lowest BCUT2D eigenvalue weighted by molar-refractivity contribution is 0.112. The number of aldehydes is 1. The highest BCUT2D eigenvalue weighted by molar-refractivity contribution is 7.16. The van der Waals surface area contributed by atoms with Crippen molar-refractivity contribution in [1.29, 1.82) is 0 Å². The number of nitrogens with zero attached hydrogens (tertiary/aromatic N) is 1. The molecule has 0 fully saturated rings. The summed E-state index contributed by atoms with van der Waals surface area (Å²) in [4.78, 5) is 11.8. The Morgan fingerprint density at radius 3 is 2.92 bits per heavy atom. The molecular weight excluding hydrogens is 170 g/mol. The molecule has 2 nitrogen and oxygen atoms in total. The zero-order valence-corrected chi connectivity index (χ0v) is 7.81. The van der Waals surface area contributed by atoms with Crippen molar-refractivity contribution in [2.75, 3.05) is 0 Å². The lowest BCUT2D eigenvalue weighted by atomic mass is 10.2. The van der Waals surface area contributed by atoms with Crippen molar-refractivity contribution in [2.24, 2.45) is 0 Å². The maximum atomic E-state index is 10.7. The van der Waals surface area contributed by atoms with Gasteiger partial charge in [-0.1, -0.05) is 0 Å². The van der Waals surface area contributed by atoms with Gasteiger partial charge in [-0.2, -0.15) is 0 Å². The average Bonchev–Trinajstić information content (AvgIpc) is 2.59. The lowest BCUT2D eigenvalue weighted by Crippen LogP contribution is -1.81. The maximum Gasteiger partial charge on any atom is 0.153 e. The normalized spacial score (nSPS) is 10.8. The van der Waals surface area contributed by atoms with Crippen LogP contribution in [-0.2, 0) is 0 Å². The molecule has 3 heteroatoms. The summed E-state index contributed by atoms with van der Waals surface area (Å²) in [5.41, 5.74) is 3.09. The summed E-state index contributed by atoms with van der Waals surface area (Å²) in [5, 5.41) is 1.99. The number of thiazole rings is 1. The molecule has 0 spiro atoms. The number of rotatable bonds is 1. The van der Waals surface area contributed by atoms with E-state index in [1.54, 1.807) is 11.3 Å². The summed E-state index contributed by atoms with van der Waals surface area (Å²) < 4.78 is 2.06. The molecule has 0 amide bonds. The van der Waals surface area contributed by atoms with E-state index in [-0.39, 0.29) is 0 Å². The zero-order chi connectivity index (χ0) is 8.72. The third-order valence-corrected chi connectivity index (χ3v) is 3.16. The monoisotopic (exact) mass is 179 g/mol. The van der Waals surface area contributed by atoms with E-state index < -0.39 is 0 Å². The van der Waals surface area contributed by atoms with Crippen LogP contribution in [0.25, 0.3) is 4.83 Å². The van der Waals surface area contributed by atoms with E-state index in [2.05, 4.69) is 4.40 Å². The molecule has 12 heavy (non-hydrogen) atoms. The van der Waals surface area contributed by atoms with Gasteiger partial charge in [-0.3, -0.25) is 4.79 Å². The lowest BCUT2D eigenvalue weighted by Gasteiger charge is -1.89. The third kappa shape index (κ3) is 0.770. The van der Waals surface area contributed by atoms with Crippen LogP contribution in [0, 0.1) is 13.8 Å². The van der Waals surface area contributed by atoms with E-state index in [4.69, 9.17) is 0 Å². The molecule has 0 unspecified atom stereocenters. The van der Waals surface area contributed by atoms with Crippen LogP contribution >= 0.6 is 11.3 Å². The Morgan fingerprint density at radius 1 is 1.50 bits per heavy atom. The molecule has 0 aromatic carbocycles. The van der Waals surface area contributed by atoms with Gasteiger partial charge >= 0.3 is 0 Å². The summed E-state index contributed by atoms with van der Waals surface area (Å²) in [6, 6.07) is 0. The SMILES string of the molecule is Cc1c(C=O)c2sccn2c1C. The molecule has 2 rings (SSSR count). The number of aryl methyl sites for hydroxylation is 1. The molecule has 2 aromatic heterocycles. The summed E-state index contributed by atoms with van der Waals surface area (Å²) >= 11 is 1.61. The second kappa shape index (κ2) is 2.45. The Bertz CT molecular complexity index is 438. The number of hydrogen-bond donors (Lipinski definition) is 0. The van der Waals surface area contributed by atoms with E-state index in [0.29, 0.717) is 0 Å². The van der Waals surface area contributed by atoms with Gasteiger partial charge in [0.2, 0.25) is 0 Å². The number of carbonyl (C=O) groups excluding carboxylic acids is 1. The molecule has 0 radical (unpaired) electrons. The molecule has 2 aromatic rings. The van der Waals surface area contributed by atoms with Crippen molar-refractivity contribution >= 4 is 22.5 Å². The number of hydrogen-bond acceptors (Lipinski definition) is 2. The van der Waals surface area contributed by atoms with Gasteiger partial charge in [-0.25, -0.2) is 0 Å². The second-order valence-corrected chi connectivity index (χ2v) is 3.71. The Morgan fingerprint density at radius 2 is 2.25 bits per heavy atom. The quantitative estimate of drug-likeness (QED) is 0.616. The molecule has 0 atom stereocenters. The van der Waals surface area contributed by atoms with E-state index in [9.17, 15) is 4.79 Å². The molecule has 0 aliphatic heterocycles. The minimum absolute atomic E-state index is 0.836. The highest BCUT2D eigenvalue weighted by Crippen LogP contribution is 2.24. The molecule has 0 aliphatic carbocycles. The van der Waals surface area contributed by atoms with Crippen LogP contribution in [0.5, 0.6) is 0 Å². The van der Waals surface area contributed by atoms with Crippen LogP contribution < -0.4 is 0 Å². The van der Waals surface area contributed by atoms with Crippen molar-refractivity contribution in [2.45, 2.75) is 13.8 Å². The van der Waals surface area contributed by atoms with Crippen molar-refractivity contribution in [3.8, 4) is 0 Å². The van der Waals surface area contributed by atoms with E-state index >= 15 is 0 Å². The van der Waals surface area contributed by atoms with Crippen LogP contribution in [0.15, 0.2) is 11.6 Å². The van der Waals surface area contributed by atoms with Crippen LogP contribution in [-0.4, -0.2) is 10.7 Å². The first-order valence-corrected chi connectivity index (χ1v) is 4.63. The summed E-state index contributed by atoms with van der Waals surface area (Å²) in [5.74, 6) is 0. The molecule has 0 saturated carbocycles. The Balaban J connectivity index is 2.97. The van der Waals surface area contributed by atoms with E-state index in [1.165, 1.54) is 0 Å². The third-order valence-electron chi connectivity index (χ3n) is 2.26. The molecule has 0 saturated heterocycles. The first-order chi connectivity index (χ1) is 5.75. The fourth-order valence-corrected chi connectivity index (χ4v) is 2.36. The van der Waals surface area contributed by atoms with Crippen LogP contribution in [0.2, 0.25) is 0 Å². The maximum absolute atomic E-state index is 10.7. The van der Waals surface area contributed by atoms with Crippen LogP contribution in [0.4, 0.5) is 0 Å². The van der Waals surface area contributed by atoms with Gasteiger partial charge < -0.3 is 4.40 Å². The van der Waals surface area contributed by atoms with Crippen LogP contribution in [0.1, 0.15) is 21.6 Å². The molecule has 2 heterocycles. The molecule has 0 bridgehead atoms. The van der Waals surface area contributed by atoms with E-state index in [1.807, 2.05) is 25.4 Å². The highest BCUT2D eigenvalue weighted by Gasteiger charge is 2.11. The first-order valence-electron chi connectivity index (χ1n) is 3.75. The Labute approximate surface area is 74.4 Å². The Hall–Kier alpha value is -1.09. The number of fused-ring (bicyclic) bond motifs is 1. The molecule has 0 aliphatic rings. The van der Waals surface area contributed by atoms with Crippen molar-refractivity contribution in [3.63, 3.8) is 0 Å². The minimum atomic E-state index is 0.836. The predicted octanol–water partition coefficient (Wildman–Crippen LogP) is 2.43. The van der Waals surface area contributed by atoms with E-state index in [0.717, 1.165) is 27.9 Å². The molecule has 0 N–H and O–H groups in total. The highest BCUT2D eigenvalue weighted by atomic mass is 32.1. The van der Waals surface area contributed by atoms with Gasteiger partial charge in [0.15, 0.2) is 6.29 Å². The van der Waals surface area contributed by atoms with Crippen molar-refractivity contribution in [3.05, 3.63) is 28.4 Å². The summed E-state index contributed by atoms with van der Waals surface area (Å²) in [6.45, 7) is 4.01. The van der Waals surface area contributed by atoms with Crippen LogP contribution in [0.3, 0.4) is 0 Å². The summed E-state index contributed by atoms with van der Waals surface area (Å²) in [6.07, 6.45) is 2.93. The van der Waals surface area contributed by atoms with Crippen molar-refractivity contribution < 1.29 is 4.79 Å². The smallest absolute Gasteiger partial charge is 0.153 e. The largest absolute Gasteiger partial charge is 0.311 e. The van der Waals surface area contributed by atoms with Crippen molar-refractivity contribution in [1.82, 2.24) is 4.40 Å². The Kier molecular flexibility index (Phi) is 1.54. The van der Waals surface area contributed by atoms with Gasteiger partial charge in [0.05, 0.1) is 5.56 Å². The standard InChI is InChI=1S/C9H9NOS/c1-6-7(2)10-3-4-12-9(10)8(6)5-11/h3-5H,1-2H3. The summed E-state index contributed by atoms with van der Waals surface area (Å²) in [7, 11) is 0. The van der Waals surface area contributed by atoms with Gasteiger partial charge in [-0.05, 0) is 19.4 Å². The van der Waals surface area contributed by atoms with Gasteiger partial charge in [0.1, 0.15) is 4.83 Å². The van der Waals surface area contributed by atoms with Gasteiger partial charge in [-0.15, -0.1) is 11.3 Å². The topological polar surface area (TPSA) is 21.5 Å². The molecular formula is C9H9NOS. The van der Waals surface area contributed by atoms with Gasteiger partial charge in [0, 0.05) is 17.3 Å². The van der Waals surface area contributed by atoms with Gasteiger partial charge in [0.25, 0.3) is 0 Å². The average molecular weight is 179 g/mol. The fourth-order valence-electron chi connectivity index (χ4n) is 1.41. The predicted molar refractivity (Wildman–Crippen MR) is 50.1 cm³/mol. The number of aromatic nitrogens is 1.